The van der Waals surface area contributed by atoms with Crippen LogP contribution in [0.3, 0.4) is 0 Å². The number of anilines is 1. The molecule has 3 heteroatoms. The summed E-state index contributed by atoms with van der Waals surface area (Å²) in [4.78, 5) is 2.06. The lowest BCUT2D eigenvalue weighted by Crippen LogP contribution is -2.19. The van der Waals surface area contributed by atoms with Crippen molar-refractivity contribution < 1.29 is 9.47 Å². The Morgan fingerprint density at radius 2 is 2.29 bits per heavy atom. The van der Waals surface area contributed by atoms with Gasteiger partial charge in [0.1, 0.15) is 12.5 Å². The number of hydrogen-bond donors (Lipinski definition) is 0. The molecule has 0 fully saturated rings. The molecule has 0 amide bonds. The van der Waals surface area contributed by atoms with E-state index in [0.29, 0.717) is 13.5 Å². The summed E-state index contributed by atoms with van der Waals surface area (Å²) in [6.45, 7) is 3.07. The Morgan fingerprint density at radius 3 is 3.07 bits per heavy atom. The Balaban J connectivity index is 2.39. The highest BCUT2D eigenvalue weighted by Crippen LogP contribution is 2.30. The second-order valence-electron chi connectivity index (χ2n) is 3.45. The van der Waals surface area contributed by atoms with E-state index in [1.807, 2.05) is 13.1 Å². The maximum atomic E-state index is 5.45. The highest BCUT2D eigenvalue weighted by Gasteiger charge is 2.13. The molecule has 0 aromatic heterocycles. The molecule has 1 aliphatic heterocycles. The van der Waals surface area contributed by atoms with Crippen LogP contribution in [-0.2, 0) is 11.2 Å². The van der Waals surface area contributed by atoms with Crippen LogP contribution in [0.5, 0.6) is 5.75 Å². The molecule has 0 aliphatic carbocycles. The van der Waals surface area contributed by atoms with Crippen molar-refractivity contribution in [3.05, 3.63) is 23.8 Å². The van der Waals surface area contributed by atoms with E-state index in [9.17, 15) is 0 Å². The summed E-state index contributed by atoms with van der Waals surface area (Å²) in [7, 11) is 2.01. The first-order valence-electron chi connectivity index (χ1n) is 4.86. The molecule has 0 saturated heterocycles. The minimum atomic E-state index is 0.336. The molecular formula is C11H15NO2. The van der Waals surface area contributed by atoms with Gasteiger partial charge in [-0.2, -0.15) is 0 Å². The Kier molecular flexibility index (Phi) is 2.59. The van der Waals surface area contributed by atoms with Gasteiger partial charge in [-0.05, 0) is 24.1 Å². The maximum absolute atomic E-state index is 5.45. The van der Waals surface area contributed by atoms with Gasteiger partial charge in [-0.15, -0.1) is 0 Å². The standard InChI is InChI=1S/C11H15NO2/c1-3-9-4-5-11-10(6-9)12(2)7-13-8-14-11/h4-6H,3,7-8H2,1-2H3. The summed E-state index contributed by atoms with van der Waals surface area (Å²) in [5.74, 6) is 0.905. The molecule has 14 heavy (non-hydrogen) atoms. The second kappa shape index (κ2) is 3.88. The molecular weight excluding hydrogens is 178 g/mol. The van der Waals surface area contributed by atoms with Gasteiger partial charge in [-0.25, -0.2) is 0 Å². The molecule has 2 rings (SSSR count). The fourth-order valence-electron chi connectivity index (χ4n) is 1.55. The van der Waals surface area contributed by atoms with Gasteiger partial charge in [0.25, 0.3) is 0 Å². The van der Waals surface area contributed by atoms with E-state index in [4.69, 9.17) is 9.47 Å². The normalized spacial score (nSPS) is 15.7. The predicted octanol–water partition coefficient (Wildman–Crippen LogP) is 2.01. The van der Waals surface area contributed by atoms with Crippen LogP contribution in [-0.4, -0.2) is 20.6 Å². The van der Waals surface area contributed by atoms with Crippen LogP contribution in [0, 0.1) is 0 Å². The van der Waals surface area contributed by atoms with Crippen molar-refractivity contribution in [1.82, 2.24) is 0 Å². The van der Waals surface area contributed by atoms with Crippen molar-refractivity contribution >= 4 is 5.69 Å². The molecule has 1 aromatic rings. The summed E-state index contributed by atoms with van der Waals surface area (Å²) >= 11 is 0. The van der Waals surface area contributed by atoms with Gasteiger partial charge in [0.05, 0.1) is 5.69 Å². The van der Waals surface area contributed by atoms with Gasteiger partial charge in [0, 0.05) is 7.05 Å². The quantitative estimate of drug-likeness (QED) is 0.681. The summed E-state index contributed by atoms with van der Waals surface area (Å²) in [6, 6.07) is 6.27. The summed E-state index contributed by atoms with van der Waals surface area (Å²) in [5, 5.41) is 0. The van der Waals surface area contributed by atoms with Crippen molar-refractivity contribution in [3.63, 3.8) is 0 Å². The molecule has 0 unspecified atom stereocenters. The summed E-state index contributed by atoms with van der Waals surface area (Å²) in [6.07, 6.45) is 1.04. The number of ether oxygens (including phenoxy) is 2. The van der Waals surface area contributed by atoms with Crippen molar-refractivity contribution in [3.8, 4) is 5.75 Å². The van der Waals surface area contributed by atoms with Crippen LogP contribution >= 0.6 is 0 Å². The molecule has 0 saturated carbocycles. The number of benzene rings is 1. The van der Waals surface area contributed by atoms with Crippen molar-refractivity contribution in [2.75, 3.05) is 25.5 Å². The molecule has 3 nitrogen and oxygen atoms in total. The highest BCUT2D eigenvalue weighted by atomic mass is 16.7. The van der Waals surface area contributed by atoms with Crippen molar-refractivity contribution in [2.24, 2.45) is 0 Å². The fraction of sp³-hybridized carbons (Fsp3) is 0.455. The van der Waals surface area contributed by atoms with Gasteiger partial charge in [-0.1, -0.05) is 13.0 Å². The van der Waals surface area contributed by atoms with Gasteiger partial charge >= 0.3 is 0 Å². The first kappa shape index (κ1) is 9.34. The average Bonchev–Trinajstić information content (AvgIpc) is 2.40. The van der Waals surface area contributed by atoms with E-state index < -0.39 is 0 Å². The first-order chi connectivity index (χ1) is 6.81. The maximum Gasteiger partial charge on any atom is 0.191 e. The molecule has 76 valence electrons. The lowest BCUT2D eigenvalue weighted by molar-refractivity contribution is 0.0258. The number of nitrogens with zero attached hydrogens (tertiary/aromatic N) is 1. The van der Waals surface area contributed by atoms with E-state index in [2.05, 4.69) is 24.0 Å². The minimum absolute atomic E-state index is 0.336. The van der Waals surface area contributed by atoms with E-state index in [-0.39, 0.29) is 0 Å². The molecule has 1 aromatic carbocycles. The van der Waals surface area contributed by atoms with Gasteiger partial charge < -0.3 is 14.4 Å². The monoisotopic (exact) mass is 193 g/mol. The lowest BCUT2D eigenvalue weighted by Gasteiger charge is -2.17. The summed E-state index contributed by atoms with van der Waals surface area (Å²) in [5.41, 5.74) is 2.43. The van der Waals surface area contributed by atoms with Crippen LogP contribution in [0.15, 0.2) is 18.2 Å². The number of fused-ring (bicyclic) bond motifs is 1. The molecule has 1 heterocycles. The van der Waals surface area contributed by atoms with E-state index >= 15 is 0 Å². The molecule has 0 bridgehead atoms. The predicted molar refractivity (Wildman–Crippen MR) is 55.7 cm³/mol. The molecule has 0 spiro atoms. The van der Waals surface area contributed by atoms with Crippen LogP contribution < -0.4 is 9.64 Å². The Labute approximate surface area is 84.2 Å². The molecule has 1 aliphatic rings. The van der Waals surface area contributed by atoms with Crippen LogP contribution in [0.25, 0.3) is 0 Å². The zero-order valence-corrected chi connectivity index (χ0v) is 8.62. The zero-order chi connectivity index (χ0) is 9.97. The number of rotatable bonds is 1. The first-order valence-corrected chi connectivity index (χ1v) is 4.86. The van der Waals surface area contributed by atoms with Gasteiger partial charge in [-0.3, -0.25) is 0 Å². The highest BCUT2D eigenvalue weighted by molar-refractivity contribution is 5.59. The smallest absolute Gasteiger partial charge is 0.191 e. The third-order valence-corrected chi connectivity index (χ3v) is 2.43. The lowest BCUT2D eigenvalue weighted by atomic mass is 10.1. The third-order valence-electron chi connectivity index (χ3n) is 2.43. The van der Waals surface area contributed by atoms with Crippen molar-refractivity contribution in [1.29, 1.82) is 0 Å². The second-order valence-corrected chi connectivity index (χ2v) is 3.45. The van der Waals surface area contributed by atoms with Gasteiger partial charge in [0.2, 0.25) is 0 Å². The number of hydrogen-bond acceptors (Lipinski definition) is 3. The molecule has 0 N–H and O–H groups in total. The molecule has 0 atom stereocenters. The van der Waals surface area contributed by atoms with Crippen molar-refractivity contribution in [2.45, 2.75) is 13.3 Å². The Hall–Kier alpha value is -1.22. The topological polar surface area (TPSA) is 21.7 Å². The van der Waals surface area contributed by atoms with Gasteiger partial charge in [0.15, 0.2) is 6.79 Å². The van der Waals surface area contributed by atoms with E-state index in [1.54, 1.807) is 0 Å². The van der Waals surface area contributed by atoms with E-state index in [0.717, 1.165) is 17.9 Å². The van der Waals surface area contributed by atoms with Crippen LogP contribution in [0.1, 0.15) is 12.5 Å². The Bertz CT molecular complexity index is 325. The molecule has 0 radical (unpaired) electrons. The van der Waals surface area contributed by atoms with E-state index in [1.165, 1.54) is 5.56 Å². The SMILES string of the molecule is CCc1ccc2c(c1)N(C)COCO2. The fourth-order valence-corrected chi connectivity index (χ4v) is 1.55. The minimum Gasteiger partial charge on any atom is -0.465 e. The largest absolute Gasteiger partial charge is 0.465 e. The van der Waals surface area contributed by atoms with Crippen LogP contribution in [0.4, 0.5) is 5.69 Å². The average molecular weight is 193 g/mol. The zero-order valence-electron chi connectivity index (χ0n) is 8.62. The number of aryl methyl sites for hydroxylation is 1. The Morgan fingerprint density at radius 1 is 1.43 bits per heavy atom. The van der Waals surface area contributed by atoms with Crippen LogP contribution in [0.2, 0.25) is 0 Å². The summed E-state index contributed by atoms with van der Waals surface area (Å²) < 4.78 is 10.7. The third kappa shape index (κ3) is 1.68.